The summed E-state index contributed by atoms with van der Waals surface area (Å²) in [5.41, 5.74) is 0. The van der Waals surface area contributed by atoms with Crippen LogP contribution < -0.4 is 5.32 Å². The van der Waals surface area contributed by atoms with Crippen molar-refractivity contribution in [3.8, 4) is 0 Å². The van der Waals surface area contributed by atoms with E-state index in [0.717, 1.165) is 32.1 Å². The highest BCUT2D eigenvalue weighted by molar-refractivity contribution is 6.32. The van der Waals surface area contributed by atoms with Crippen LogP contribution in [0, 0.1) is 5.92 Å². The number of aromatic nitrogens is 2. The lowest BCUT2D eigenvalue weighted by molar-refractivity contribution is 0.124. The summed E-state index contributed by atoms with van der Waals surface area (Å²) < 4.78 is 5.52. The number of hydrogen-bond donors (Lipinski definition) is 1. The Morgan fingerprint density at radius 2 is 2.38 bits per heavy atom. The lowest BCUT2D eigenvalue weighted by atomic mass is 10.4. The highest BCUT2D eigenvalue weighted by Gasteiger charge is 2.20. The zero-order valence-corrected chi connectivity index (χ0v) is 9.91. The minimum atomic E-state index is 0.557. The lowest BCUT2D eigenvalue weighted by Gasteiger charge is -2.06. The summed E-state index contributed by atoms with van der Waals surface area (Å²) in [6.45, 7) is 2.54. The Hall–Kier alpha value is -0.870. The van der Waals surface area contributed by atoms with Crippen molar-refractivity contribution in [3.63, 3.8) is 0 Å². The average molecular weight is 242 g/mol. The Morgan fingerprint density at radius 3 is 3.12 bits per heavy atom. The molecule has 0 amide bonds. The van der Waals surface area contributed by atoms with E-state index >= 15 is 0 Å². The van der Waals surface area contributed by atoms with Crippen molar-refractivity contribution >= 4 is 17.4 Å². The van der Waals surface area contributed by atoms with E-state index in [1.54, 1.807) is 6.20 Å². The zero-order chi connectivity index (χ0) is 11.2. The van der Waals surface area contributed by atoms with Gasteiger partial charge in [0.25, 0.3) is 0 Å². The third kappa shape index (κ3) is 3.94. The van der Waals surface area contributed by atoms with E-state index in [1.165, 1.54) is 19.2 Å². The molecule has 16 heavy (non-hydrogen) atoms. The van der Waals surface area contributed by atoms with E-state index < -0.39 is 0 Å². The van der Waals surface area contributed by atoms with E-state index in [9.17, 15) is 0 Å². The fraction of sp³-hybridized carbons (Fsp3) is 0.636. The van der Waals surface area contributed by atoms with Crippen LogP contribution in [-0.4, -0.2) is 29.7 Å². The minimum Gasteiger partial charge on any atom is -0.381 e. The van der Waals surface area contributed by atoms with Gasteiger partial charge in [0.2, 0.25) is 0 Å². The minimum absolute atomic E-state index is 0.557. The van der Waals surface area contributed by atoms with Gasteiger partial charge in [0.15, 0.2) is 0 Å². The monoisotopic (exact) mass is 241 g/mol. The molecular formula is C11H16ClN3O. The number of nitrogens with one attached hydrogen (secondary N) is 1. The molecule has 0 aromatic carbocycles. The van der Waals surface area contributed by atoms with E-state index in [1.807, 2.05) is 0 Å². The molecule has 0 unspecified atom stereocenters. The summed E-state index contributed by atoms with van der Waals surface area (Å²) in [6, 6.07) is 0. The fourth-order valence-corrected chi connectivity index (χ4v) is 1.53. The normalized spacial score (nSPS) is 15.1. The van der Waals surface area contributed by atoms with Gasteiger partial charge in [-0.2, -0.15) is 0 Å². The highest BCUT2D eigenvalue weighted by Crippen LogP contribution is 2.28. The van der Waals surface area contributed by atoms with Gasteiger partial charge in [0.1, 0.15) is 17.2 Å². The molecule has 0 atom stereocenters. The molecular weight excluding hydrogens is 226 g/mol. The molecule has 1 aromatic rings. The van der Waals surface area contributed by atoms with Gasteiger partial charge in [-0.15, -0.1) is 0 Å². The van der Waals surface area contributed by atoms with Gasteiger partial charge < -0.3 is 10.1 Å². The van der Waals surface area contributed by atoms with Crippen LogP contribution in [0.3, 0.4) is 0 Å². The second-order valence-electron chi connectivity index (χ2n) is 4.02. The summed E-state index contributed by atoms with van der Waals surface area (Å²) in [5.74, 6) is 1.53. The summed E-state index contributed by atoms with van der Waals surface area (Å²) >= 11 is 5.90. The van der Waals surface area contributed by atoms with Crippen LogP contribution in [-0.2, 0) is 4.74 Å². The number of anilines is 1. The molecule has 1 heterocycles. The molecule has 1 saturated carbocycles. The van der Waals surface area contributed by atoms with Crippen molar-refractivity contribution in [3.05, 3.63) is 17.5 Å². The van der Waals surface area contributed by atoms with Crippen molar-refractivity contribution in [1.82, 2.24) is 9.97 Å². The van der Waals surface area contributed by atoms with Gasteiger partial charge in [0, 0.05) is 19.8 Å². The molecule has 1 aromatic heterocycles. The SMILES string of the molecule is Clc1cncnc1NCCCOCC1CC1. The van der Waals surface area contributed by atoms with Crippen molar-refractivity contribution in [2.24, 2.45) is 5.92 Å². The van der Waals surface area contributed by atoms with Crippen molar-refractivity contribution < 1.29 is 4.74 Å². The smallest absolute Gasteiger partial charge is 0.148 e. The van der Waals surface area contributed by atoms with E-state index in [2.05, 4.69) is 15.3 Å². The van der Waals surface area contributed by atoms with Crippen LogP contribution >= 0.6 is 11.6 Å². The Bertz CT molecular complexity index is 331. The Kier molecular flexibility index (Phi) is 4.36. The summed E-state index contributed by atoms with van der Waals surface area (Å²) in [4.78, 5) is 7.86. The Labute approximate surface area is 100 Å². The predicted octanol–water partition coefficient (Wildman–Crippen LogP) is 2.36. The molecule has 0 aliphatic heterocycles. The fourth-order valence-electron chi connectivity index (χ4n) is 1.36. The maximum absolute atomic E-state index is 5.90. The molecule has 0 spiro atoms. The number of nitrogens with zero attached hydrogens (tertiary/aromatic N) is 2. The Balaban J connectivity index is 1.55. The molecule has 88 valence electrons. The molecule has 1 aliphatic carbocycles. The lowest BCUT2D eigenvalue weighted by Crippen LogP contribution is -2.08. The van der Waals surface area contributed by atoms with Gasteiger partial charge >= 0.3 is 0 Å². The number of halogens is 1. The van der Waals surface area contributed by atoms with Crippen molar-refractivity contribution in [2.45, 2.75) is 19.3 Å². The molecule has 2 rings (SSSR count). The number of rotatable bonds is 7. The first-order valence-electron chi connectivity index (χ1n) is 5.63. The Morgan fingerprint density at radius 1 is 1.50 bits per heavy atom. The molecule has 1 fully saturated rings. The van der Waals surface area contributed by atoms with Crippen LogP contribution in [0.25, 0.3) is 0 Å². The van der Waals surface area contributed by atoms with Crippen LogP contribution in [0.2, 0.25) is 5.02 Å². The summed E-state index contributed by atoms with van der Waals surface area (Å²) in [6.07, 6.45) is 6.72. The molecule has 1 N–H and O–H groups in total. The zero-order valence-electron chi connectivity index (χ0n) is 9.16. The van der Waals surface area contributed by atoms with Crippen LogP contribution in [0.4, 0.5) is 5.82 Å². The van der Waals surface area contributed by atoms with E-state index in [4.69, 9.17) is 16.3 Å². The van der Waals surface area contributed by atoms with Gasteiger partial charge in [-0.1, -0.05) is 11.6 Å². The van der Waals surface area contributed by atoms with Crippen LogP contribution in [0.1, 0.15) is 19.3 Å². The molecule has 0 bridgehead atoms. The van der Waals surface area contributed by atoms with Gasteiger partial charge in [-0.3, -0.25) is 0 Å². The quantitative estimate of drug-likeness (QED) is 0.745. The highest BCUT2D eigenvalue weighted by atomic mass is 35.5. The van der Waals surface area contributed by atoms with Gasteiger partial charge in [-0.05, 0) is 25.2 Å². The molecule has 4 nitrogen and oxygen atoms in total. The number of ether oxygens (including phenoxy) is 1. The average Bonchev–Trinajstić information content (AvgIpc) is 3.09. The molecule has 0 saturated heterocycles. The largest absolute Gasteiger partial charge is 0.381 e. The second-order valence-corrected chi connectivity index (χ2v) is 4.43. The van der Waals surface area contributed by atoms with Gasteiger partial charge in [-0.25, -0.2) is 9.97 Å². The number of hydrogen-bond acceptors (Lipinski definition) is 4. The maximum atomic E-state index is 5.90. The standard InChI is InChI=1S/C11H16ClN3O/c12-10-6-13-8-15-11(10)14-4-1-5-16-7-9-2-3-9/h6,8-9H,1-5,7H2,(H,13,14,15). The molecule has 0 radical (unpaired) electrons. The first-order valence-corrected chi connectivity index (χ1v) is 6.01. The first kappa shape index (κ1) is 11.6. The van der Waals surface area contributed by atoms with Crippen LogP contribution in [0.5, 0.6) is 0 Å². The molecule has 1 aliphatic rings. The third-order valence-electron chi connectivity index (χ3n) is 2.48. The third-order valence-corrected chi connectivity index (χ3v) is 2.75. The predicted molar refractivity (Wildman–Crippen MR) is 63.7 cm³/mol. The van der Waals surface area contributed by atoms with Crippen molar-refractivity contribution in [1.29, 1.82) is 0 Å². The summed E-state index contributed by atoms with van der Waals surface area (Å²) in [7, 11) is 0. The van der Waals surface area contributed by atoms with E-state index in [-0.39, 0.29) is 0 Å². The van der Waals surface area contributed by atoms with Crippen LogP contribution in [0.15, 0.2) is 12.5 Å². The maximum Gasteiger partial charge on any atom is 0.148 e. The van der Waals surface area contributed by atoms with Crippen molar-refractivity contribution in [2.75, 3.05) is 25.1 Å². The first-order chi connectivity index (χ1) is 7.86. The van der Waals surface area contributed by atoms with Gasteiger partial charge in [0.05, 0.1) is 6.20 Å². The summed E-state index contributed by atoms with van der Waals surface area (Å²) in [5, 5.41) is 3.71. The molecule has 5 heteroatoms. The second kappa shape index (κ2) is 6.01. The van der Waals surface area contributed by atoms with E-state index in [0.29, 0.717) is 10.8 Å². The topological polar surface area (TPSA) is 47.0 Å².